The standard InChI is InChI=1S/C18H28N4O3/c1-21(2)17-16(19-8-9-20-17)14-13-22(10-11-25-14)15(23)12-18(24)6-4-3-5-7-18/h8-9,14,24H,3-7,10-13H2,1-2H3/t14-/m1/s1. The third kappa shape index (κ3) is 4.27. The summed E-state index contributed by atoms with van der Waals surface area (Å²) >= 11 is 0. The van der Waals surface area contributed by atoms with E-state index in [-0.39, 0.29) is 18.4 Å². The minimum Gasteiger partial charge on any atom is -0.389 e. The Kier molecular flexibility index (Phi) is 5.54. The Morgan fingerprint density at radius 2 is 2.04 bits per heavy atom. The molecule has 1 aliphatic heterocycles. The number of ether oxygens (including phenoxy) is 1. The van der Waals surface area contributed by atoms with Gasteiger partial charge in [0.25, 0.3) is 0 Å². The van der Waals surface area contributed by atoms with Crippen molar-refractivity contribution in [2.45, 2.75) is 50.2 Å². The van der Waals surface area contributed by atoms with E-state index < -0.39 is 5.60 Å². The molecule has 0 aromatic carbocycles. The zero-order valence-electron chi connectivity index (χ0n) is 15.1. The lowest BCUT2D eigenvalue weighted by molar-refractivity contribution is -0.145. The van der Waals surface area contributed by atoms with Gasteiger partial charge in [-0.2, -0.15) is 0 Å². The summed E-state index contributed by atoms with van der Waals surface area (Å²) in [4.78, 5) is 25.2. The molecule has 2 heterocycles. The molecule has 1 N–H and O–H groups in total. The van der Waals surface area contributed by atoms with Crippen LogP contribution >= 0.6 is 0 Å². The molecule has 1 saturated heterocycles. The number of morpholine rings is 1. The Balaban J connectivity index is 1.68. The highest BCUT2D eigenvalue weighted by molar-refractivity contribution is 5.77. The third-order valence-electron chi connectivity index (χ3n) is 5.12. The second-order valence-corrected chi connectivity index (χ2v) is 7.32. The average Bonchev–Trinajstić information content (AvgIpc) is 2.62. The quantitative estimate of drug-likeness (QED) is 0.889. The van der Waals surface area contributed by atoms with Crippen LogP contribution in [0.1, 0.15) is 50.3 Å². The number of carbonyl (C=O) groups excluding carboxylic acids is 1. The topological polar surface area (TPSA) is 78.8 Å². The van der Waals surface area contributed by atoms with Crippen LogP contribution in [0.2, 0.25) is 0 Å². The first-order valence-electron chi connectivity index (χ1n) is 9.08. The van der Waals surface area contributed by atoms with Gasteiger partial charge in [-0.1, -0.05) is 19.3 Å². The fraction of sp³-hybridized carbons (Fsp3) is 0.722. The maximum Gasteiger partial charge on any atom is 0.225 e. The molecule has 0 unspecified atom stereocenters. The number of anilines is 1. The van der Waals surface area contributed by atoms with E-state index in [2.05, 4.69) is 9.97 Å². The second kappa shape index (κ2) is 7.66. The van der Waals surface area contributed by atoms with Gasteiger partial charge in [-0.25, -0.2) is 4.98 Å². The summed E-state index contributed by atoms with van der Waals surface area (Å²) in [6.07, 6.45) is 7.83. The summed E-state index contributed by atoms with van der Waals surface area (Å²) in [6, 6.07) is 0. The van der Waals surface area contributed by atoms with Crippen LogP contribution in [0.3, 0.4) is 0 Å². The van der Waals surface area contributed by atoms with Crippen molar-refractivity contribution in [3.8, 4) is 0 Å². The molecule has 7 heteroatoms. The van der Waals surface area contributed by atoms with Crippen LogP contribution < -0.4 is 4.90 Å². The smallest absolute Gasteiger partial charge is 0.225 e. The third-order valence-corrected chi connectivity index (χ3v) is 5.12. The zero-order chi connectivity index (χ0) is 17.9. The Hall–Kier alpha value is -1.73. The van der Waals surface area contributed by atoms with Crippen molar-refractivity contribution in [3.05, 3.63) is 18.1 Å². The van der Waals surface area contributed by atoms with E-state index in [0.29, 0.717) is 19.7 Å². The van der Waals surface area contributed by atoms with Crippen LogP contribution in [0.5, 0.6) is 0 Å². The van der Waals surface area contributed by atoms with Crippen molar-refractivity contribution in [1.29, 1.82) is 0 Å². The van der Waals surface area contributed by atoms with Crippen molar-refractivity contribution in [3.63, 3.8) is 0 Å². The van der Waals surface area contributed by atoms with Crippen molar-refractivity contribution >= 4 is 11.7 Å². The molecule has 0 spiro atoms. The molecule has 7 nitrogen and oxygen atoms in total. The van der Waals surface area contributed by atoms with Crippen LogP contribution in [0, 0.1) is 0 Å². The predicted molar refractivity (Wildman–Crippen MR) is 94.3 cm³/mol. The summed E-state index contributed by atoms with van der Waals surface area (Å²) in [5.41, 5.74) is -0.0776. The van der Waals surface area contributed by atoms with Gasteiger partial charge in [0, 0.05) is 33.0 Å². The van der Waals surface area contributed by atoms with E-state index in [0.717, 1.165) is 43.6 Å². The zero-order valence-corrected chi connectivity index (χ0v) is 15.1. The van der Waals surface area contributed by atoms with Gasteiger partial charge in [0.2, 0.25) is 5.91 Å². The number of rotatable bonds is 4. The van der Waals surface area contributed by atoms with Gasteiger partial charge >= 0.3 is 0 Å². The van der Waals surface area contributed by atoms with Crippen LogP contribution in [0.15, 0.2) is 12.4 Å². The highest BCUT2D eigenvalue weighted by Crippen LogP contribution is 2.32. The Labute approximate surface area is 149 Å². The van der Waals surface area contributed by atoms with Gasteiger partial charge in [-0.05, 0) is 12.8 Å². The molecule has 1 aromatic heterocycles. The number of amides is 1. The number of carbonyl (C=O) groups is 1. The number of aliphatic hydroxyl groups is 1. The van der Waals surface area contributed by atoms with E-state index in [1.54, 1.807) is 17.3 Å². The lowest BCUT2D eigenvalue weighted by Crippen LogP contribution is -2.46. The highest BCUT2D eigenvalue weighted by atomic mass is 16.5. The van der Waals surface area contributed by atoms with E-state index >= 15 is 0 Å². The fourth-order valence-corrected chi connectivity index (χ4v) is 3.73. The first-order chi connectivity index (χ1) is 12.0. The van der Waals surface area contributed by atoms with Crippen molar-refractivity contribution < 1.29 is 14.6 Å². The molecule has 25 heavy (non-hydrogen) atoms. The van der Waals surface area contributed by atoms with E-state index in [4.69, 9.17) is 4.74 Å². The predicted octanol–water partition coefficient (Wildman–Crippen LogP) is 1.53. The number of hydrogen-bond donors (Lipinski definition) is 1. The molecule has 1 aliphatic carbocycles. The van der Waals surface area contributed by atoms with E-state index in [9.17, 15) is 9.90 Å². The molecule has 138 valence electrons. The monoisotopic (exact) mass is 348 g/mol. The average molecular weight is 348 g/mol. The van der Waals surface area contributed by atoms with Crippen LogP contribution in [0.25, 0.3) is 0 Å². The lowest BCUT2D eigenvalue weighted by Gasteiger charge is -2.37. The number of nitrogens with zero attached hydrogens (tertiary/aromatic N) is 4. The van der Waals surface area contributed by atoms with Gasteiger partial charge < -0.3 is 19.6 Å². The lowest BCUT2D eigenvalue weighted by atomic mass is 9.82. The molecule has 2 aliphatic rings. The Morgan fingerprint density at radius 1 is 1.32 bits per heavy atom. The van der Waals surface area contributed by atoms with Gasteiger partial charge in [0.1, 0.15) is 11.8 Å². The van der Waals surface area contributed by atoms with Crippen molar-refractivity contribution in [2.24, 2.45) is 0 Å². The SMILES string of the molecule is CN(C)c1nccnc1[C@H]1CN(C(=O)CC2(O)CCCCC2)CCO1. The molecule has 2 fully saturated rings. The molecule has 0 radical (unpaired) electrons. The van der Waals surface area contributed by atoms with E-state index in [1.165, 1.54) is 0 Å². The number of aromatic nitrogens is 2. The first-order valence-corrected chi connectivity index (χ1v) is 9.08. The minimum absolute atomic E-state index is 0.00740. The van der Waals surface area contributed by atoms with Gasteiger partial charge in [0.15, 0.2) is 5.82 Å². The molecular formula is C18H28N4O3. The second-order valence-electron chi connectivity index (χ2n) is 7.32. The maximum atomic E-state index is 12.7. The van der Waals surface area contributed by atoms with Crippen LogP contribution in [-0.4, -0.2) is 65.3 Å². The van der Waals surface area contributed by atoms with Gasteiger partial charge in [-0.15, -0.1) is 0 Å². The maximum absolute atomic E-state index is 12.7. The molecule has 1 aromatic rings. The Bertz CT molecular complexity index is 602. The van der Waals surface area contributed by atoms with Gasteiger partial charge in [0.05, 0.1) is 25.2 Å². The molecule has 3 rings (SSSR count). The summed E-state index contributed by atoms with van der Waals surface area (Å²) in [5, 5.41) is 10.7. The van der Waals surface area contributed by atoms with Crippen LogP contribution in [-0.2, 0) is 9.53 Å². The molecule has 1 saturated carbocycles. The Morgan fingerprint density at radius 3 is 2.76 bits per heavy atom. The normalized spacial score (nSPS) is 23.3. The molecular weight excluding hydrogens is 320 g/mol. The fourth-order valence-electron chi connectivity index (χ4n) is 3.73. The summed E-state index contributed by atoms with van der Waals surface area (Å²) in [7, 11) is 3.83. The summed E-state index contributed by atoms with van der Waals surface area (Å²) in [6.45, 7) is 1.48. The first kappa shape index (κ1) is 18.1. The highest BCUT2D eigenvalue weighted by Gasteiger charge is 2.35. The van der Waals surface area contributed by atoms with Crippen molar-refractivity contribution in [2.75, 3.05) is 38.7 Å². The van der Waals surface area contributed by atoms with E-state index in [1.807, 2.05) is 19.0 Å². The van der Waals surface area contributed by atoms with Gasteiger partial charge in [-0.3, -0.25) is 9.78 Å². The van der Waals surface area contributed by atoms with Crippen molar-refractivity contribution in [1.82, 2.24) is 14.9 Å². The van der Waals surface area contributed by atoms with Crippen LogP contribution in [0.4, 0.5) is 5.82 Å². The summed E-state index contributed by atoms with van der Waals surface area (Å²) < 4.78 is 5.86. The largest absolute Gasteiger partial charge is 0.389 e. The molecule has 1 atom stereocenters. The molecule has 0 bridgehead atoms. The summed E-state index contributed by atoms with van der Waals surface area (Å²) in [5.74, 6) is 0.765. The molecule has 1 amide bonds. The minimum atomic E-state index is -0.829. The number of hydrogen-bond acceptors (Lipinski definition) is 6.